The molecule has 3 rings (SSSR count). The Balaban J connectivity index is 2.24. The van der Waals surface area contributed by atoms with Crippen molar-refractivity contribution in [2.45, 2.75) is 24.1 Å². The number of carbonyl (C=O) groups is 1. The number of primary amides is 1. The first-order valence-electron chi connectivity index (χ1n) is 8.12. The van der Waals surface area contributed by atoms with E-state index in [9.17, 15) is 17.6 Å². The lowest BCUT2D eigenvalue weighted by Gasteiger charge is -2.46. The second kappa shape index (κ2) is 6.64. The Morgan fingerprint density at radius 3 is 2.73 bits per heavy atom. The number of piperidine rings is 1. The van der Waals surface area contributed by atoms with Crippen LogP contribution in [0.25, 0.3) is 0 Å². The van der Waals surface area contributed by atoms with Gasteiger partial charge >= 0.3 is 0 Å². The molecule has 1 atom stereocenters. The van der Waals surface area contributed by atoms with Crippen molar-refractivity contribution in [3.05, 3.63) is 53.6 Å². The maximum atomic E-state index is 13.9. The molecule has 9 heteroatoms. The largest absolute Gasteiger partial charge is 0.364 e. The lowest BCUT2D eigenvalue weighted by atomic mass is 9.94. The Morgan fingerprint density at radius 2 is 2.08 bits per heavy atom. The van der Waals surface area contributed by atoms with Crippen LogP contribution in [-0.2, 0) is 14.7 Å². The Morgan fingerprint density at radius 1 is 1.31 bits per heavy atom. The van der Waals surface area contributed by atoms with Crippen LogP contribution in [0.2, 0.25) is 0 Å². The summed E-state index contributed by atoms with van der Waals surface area (Å²) in [6.45, 7) is 0.353. The van der Waals surface area contributed by atoms with Gasteiger partial charge in [0, 0.05) is 19.0 Å². The molecule has 1 fully saturated rings. The summed E-state index contributed by atoms with van der Waals surface area (Å²) in [6.07, 6.45) is 4.11. The number of anilines is 1. The maximum absolute atomic E-state index is 13.9. The first-order chi connectivity index (χ1) is 12.3. The van der Waals surface area contributed by atoms with E-state index in [1.807, 2.05) is 0 Å². The molecule has 7 nitrogen and oxygen atoms in total. The highest BCUT2D eigenvalue weighted by molar-refractivity contribution is 7.91. The SMILES string of the molecule is CS(=O)(=O)C1(c2cccc(F)c2)CCCCN1c1nccc(C(N)=O)n1. The molecule has 1 aromatic heterocycles. The van der Waals surface area contributed by atoms with Gasteiger partial charge in [-0.3, -0.25) is 4.79 Å². The van der Waals surface area contributed by atoms with Gasteiger partial charge in [-0.05, 0) is 43.0 Å². The number of benzene rings is 1. The topological polar surface area (TPSA) is 106 Å². The number of amides is 1. The fourth-order valence-corrected chi connectivity index (χ4v) is 5.10. The average molecular weight is 378 g/mol. The minimum atomic E-state index is -3.72. The Kier molecular flexibility index (Phi) is 4.66. The molecule has 0 spiro atoms. The third-order valence-corrected chi connectivity index (χ3v) is 6.50. The molecule has 1 aliphatic rings. The second-order valence-electron chi connectivity index (χ2n) is 6.28. The zero-order valence-electron chi connectivity index (χ0n) is 14.2. The Bertz CT molecular complexity index is 951. The van der Waals surface area contributed by atoms with Crippen LogP contribution in [0.5, 0.6) is 0 Å². The molecule has 2 heterocycles. The molecule has 2 aromatic rings. The number of carbonyl (C=O) groups excluding carboxylic acids is 1. The van der Waals surface area contributed by atoms with E-state index in [2.05, 4.69) is 9.97 Å². The van der Waals surface area contributed by atoms with Crippen LogP contribution in [0.3, 0.4) is 0 Å². The molecule has 1 aliphatic heterocycles. The van der Waals surface area contributed by atoms with Crippen LogP contribution < -0.4 is 10.6 Å². The molecule has 0 bridgehead atoms. The van der Waals surface area contributed by atoms with Gasteiger partial charge in [0.25, 0.3) is 5.91 Å². The lowest BCUT2D eigenvalue weighted by Crippen LogP contribution is -2.55. The Hall–Kier alpha value is -2.55. The first-order valence-corrected chi connectivity index (χ1v) is 10.0. The van der Waals surface area contributed by atoms with Crippen molar-refractivity contribution >= 4 is 21.7 Å². The Labute approximate surface area is 151 Å². The first kappa shape index (κ1) is 18.2. The summed E-state index contributed by atoms with van der Waals surface area (Å²) in [5.74, 6) is -1.18. The van der Waals surface area contributed by atoms with Crippen LogP contribution >= 0.6 is 0 Å². The van der Waals surface area contributed by atoms with Gasteiger partial charge in [-0.1, -0.05) is 12.1 Å². The normalized spacial score (nSPS) is 20.8. The van der Waals surface area contributed by atoms with E-state index in [0.29, 0.717) is 18.5 Å². The molecule has 0 aliphatic carbocycles. The van der Waals surface area contributed by atoms with E-state index < -0.39 is 26.4 Å². The quantitative estimate of drug-likeness (QED) is 0.866. The lowest BCUT2D eigenvalue weighted by molar-refractivity contribution is 0.0995. The molecule has 1 unspecified atom stereocenters. The van der Waals surface area contributed by atoms with Gasteiger partial charge in [0.2, 0.25) is 5.95 Å². The van der Waals surface area contributed by atoms with Crippen LogP contribution in [0, 0.1) is 5.82 Å². The molecule has 1 saturated heterocycles. The van der Waals surface area contributed by atoms with Gasteiger partial charge in [0.15, 0.2) is 14.7 Å². The van der Waals surface area contributed by atoms with Crippen LogP contribution in [-0.4, -0.2) is 37.1 Å². The fraction of sp³-hybridized carbons (Fsp3) is 0.353. The second-order valence-corrected chi connectivity index (χ2v) is 8.50. The van der Waals surface area contributed by atoms with Crippen molar-refractivity contribution < 1.29 is 17.6 Å². The summed E-state index contributed by atoms with van der Waals surface area (Å²) in [4.78, 5) is 19.8. The summed E-state index contributed by atoms with van der Waals surface area (Å²) in [5, 5.41) is 0. The van der Waals surface area contributed by atoms with Crippen LogP contribution in [0.4, 0.5) is 10.3 Å². The molecular formula is C17H19FN4O3S. The number of sulfone groups is 1. The van der Waals surface area contributed by atoms with Crippen LogP contribution in [0.1, 0.15) is 35.3 Å². The summed E-state index contributed by atoms with van der Waals surface area (Å²) < 4.78 is 39.7. The minimum absolute atomic E-state index is 0.0118. The molecule has 1 aromatic carbocycles. The number of nitrogens with zero attached hydrogens (tertiary/aromatic N) is 3. The zero-order valence-corrected chi connectivity index (χ0v) is 15.0. The van der Waals surface area contributed by atoms with Gasteiger partial charge in [-0.25, -0.2) is 22.8 Å². The van der Waals surface area contributed by atoms with Gasteiger partial charge < -0.3 is 10.6 Å². The summed E-state index contributed by atoms with van der Waals surface area (Å²) in [7, 11) is -3.72. The number of halogens is 1. The molecule has 1 amide bonds. The summed E-state index contributed by atoms with van der Waals surface area (Å²) in [5.41, 5.74) is 5.58. The predicted molar refractivity (Wildman–Crippen MR) is 94.7 cm³/mol. The van der Waals surface area contributed by atoms with E-state index in [4.69, 9.17) is 5.73 Å². The van der Waals surface area contributed by atoms with Crippen molar-refractivity contribution in [1.82, 2.24) is 9.97 Å². The summed E-state index contributed by atoms with van der Waals surface area (Å²) >= 11 is 0. The van der Waals surface area contributed by atoms with Gasteiger partial charge in [-0.2, -0.15) is 0 Å². The van der Waals surface area contributed by atoms with E-state index in [-0.39, 0.29) is 18.1 Å². The predicted octanol–water partition coefficient (Wildman–Crippen LogP) is 1.60. The molecule has 138 valence electrons. The van der Waals surface area contributed by atoms with Crippen molar-refractivity contribution in [1.29, 1.82) is 0 Å². The highest BCUT2D eigenvalue weighted by Crippen LogP contribution is 2.43. The number of rotatable bonds is 4. The monoisotopic (exact) mass is 378 g/mol. The van der Waals surface area contributed by atoms with E-state index in [0.717, 1.165) is 12.7 Å². The van der Waals surface area contributed by atoms with Crippen molar-refractivity contribution in [3.8, 4) is 0 Å². The average Bonchev–Trinajstić information content (AvgIpc) is 2.60. The molecule has 26 heavy (non-hydrogen) atoms. The number of hydrogen-bond donors (Lipinski definition) is 1. The maximum Gasteiger partial charge on any atom is 0.267 e. The minimum Gasteiger partial charge on any atom is -0.364 e. The molecule has 2 N–H and O–H groups in total. The fourth-order valence-electron chi connectivity index (χ4n) is 3.46. The highest BCUT2D eigenvalue weighted by Gasteiger charge is 2.50. The van der Waals surface area contributed by atoms with Crippen molar-refractivity contribution in [2.75, 3.05) is 17.7 Å². The number of hydrogen-bond acceptors (Lipinski definition) is 6. The molecule has 0 radical (unpaired) electrons. The van der Waals surface area contributed by atoms with Gasteiger partial charge in [0.1, 0.15) is 11.5 Å². The van der Waals surface area contributed by atoms with Crippen molar-refractivity contribution in [2.24, 2.45) is 5.73 Å². The van der Waals surface area contributed by atoms with Gasteiger partial charge in [-0.15, -0.1) is 0 Å². The molecule has 0 saturated carbocycles. The standard InChI is InChI=1S/C17H19FN4O3S/c1-26(24,25)17(12-5-4-6-13(18)11-12)8-2-3-10-22(17)16-20-9-7-14(21-16)15(19)23/h4-7,9,11H,2-3,8,10H2,1H3,(H2,19,23). The van der Waals surface area contributed by atoms with E-state index in [1.54, 1.807) is 6.07 Å². The van der Waals surface area contributed by atoms with E-state index >= 15 is 0 Å². The van der Waals surface area contributed by atoms with Crippen molar-refractivity contribution in [3.63, 3.8) is 0 Å². The third kappa shape index (κ3) is 3.03. The van der Waals surface area contributed by atoms with Crippen LogP contribution in [0.15, 0.2) is 36.5 Å². The molecular weight excluding hydrogens is 359 g/mol. The smallest absolute Gasteiger partial charge is 0.267 e. The van der Waals surface area contributed by atoms with Gasteiger partial charge in [0.05, 0.1) is 0 Å². The van der Waals surface area contributed by atoms with E-state index in [1.165, 1.54) is 35.4 Å². The summed E-state index contributed by atoms with van der Waals surface area (Å²) in [6, 6.07) is 6.90. The number of aromatic nitrogens is 2. The number of nitrogens with two attached hydrogens (primary N) is 1. The highest BCUT2D eigenvalue weighted by atomic mass is 32.2. The third-order valence-electron chi connectivity index (χ3n) is 4.61. The zero-order chi connectivity index (χ0) is 18.9.